The average molecular weight is 391 g/mol. The zero-order valence-corrected chi connectivity index (χ0v) is 15.6. The third-order valence-corrected chi connectivity index (χ3v) is 3.10. The number of rotatable bonds is 10. The maximum Gasteiger partial charge on any atom is 0.238 e. The van der Waals surface area contributed by atoms with Crippen molar-refractivity contribution < 1.29 is 14.3 Å². The monoisotopic (exact) mass is 390 g/mol. The summed E-state index contributed by atoms with van der Waals surface area (Å²) in [6, 6.07) is 7.39. The van der Waals surface area contributed by atoms with Gasteiger partial charge in [-0.3, -0.25) is 4.79 Å². The van der Waals surface area contributed by atoms with Gasteiger partial charge < -0.3 is 24.7 Å². The minimum Gasteiger partial charge on any atom is -0.490 e. The molecule has 2 rings (SSSR count). The van der Waals surface area contributed by atoms with Crippen molar-refractivity contribution in [2.75, 3.05) is 38.7 Å². The fourth-order valence-corrected chi connectivity index (χ4v) is 1.95. The molecule has 9 heteroatoms. The third kappa shape index (κ3) is 8.74. The number of hydrogen-bond acceptors (Lipinski definition) is 5. The fraction of sp³-hybridized carbons (Fsp3) is 0.375. The molecule has 0 aliphatic rings. The van der Waals surface area contributed by atoms with E-state index in [1.807, 2.05) is 35.0 Å². The Kier molecular flexibility index (Phi) is 12.5. The second-order valence-electron chi connectivity index (χ2n) is 4.86. The molecule has 0 saturated carbocycles. The number of aromatic nitrogens is 2. The van der Waals surface area contributed by atoms with E-state index in [2.05, 4.69) is 15.6 Å². The minimum absolute atomic E-state index is 0. The number of benzene rings is 1. The highest BCUT2D eigenvalue weighted by atomic mass is 35.5. The SMILES string of the molecule is COCCNCC(=O)Nc1ccccc1OCCn1ccnc1.Cl.Cl. The van der Waals surface area contributed by atoms with Crippen molar-refractivity contribution >= 4 is 36.4 Å². The normalized spacial score (nSPS) is 9.64. The van der Waals surface area contributed by atoms with Crippen molar-refractivity contribution in [1.29, 1.82) is 0 Å². The van der Waals surface area contributed by atoms with Crippen LogP contribution in [0.1, 0.15) is 0 Å². The van der Waals surface area contributed by atoms with Crippen LogP contribution in [0.3, 0.4) is 0 Å². The lowest BCUT2D eigenvalue weighted by Gasteiger charge is -2.13. The molecule has 1 amide bonds. The Labute approximate surface area is 159 Å². The van der Waals surface area contributed by atoms with Crippen molar-refractivity contribution in [3.05, 3.63) is 43.0 Å². The maximum absolute atomic E-state index is 11.9. The molecule has 0 saturated heterocycles. The van der Waals surface area contributed by atoms with Gasteiger partial charge in [-0.15, -0.1) is 24.8 Å². The van der Waals surface area contributed by atoms with Gasteiger partial charge in [-0.1, -0.05) is 12.1 Å². The largest absolute Gasteiger partial charge is 0.490 e. The molecule has 2 N–H and O–H groups in total. The molecule has 1 heterocycles. The topological polar surface area (TPSA) is 77.4 Å². The van der Waals surface area contributed by atoms with E-state index >= 15 is 0 Å². The molecule has 0 fully saturated rings. The van der Waals surface area contributed by atoms with E-state index in [1.165, 1.54) is 0 Å². The molecule has 0 spiro atoms. The van der Waals surface area contributed by atoms with Crippen molar-refractivity contribution in [2.24, 2.45) is 0 Å². The van der Waals surface area contributed by atoms with Crippen LogP contribution < -0.4 is 15.4 Å². The second kappa shape index (κ2) is 13.5. The first-order valence-corrected chi connectivity index (χ1v) is 7.46. The number of ether oxygens (including phenoxy) is 2. The molecule has 0 bridgehead atoms. The molecule has 0 unspecified atom stereocenters. The van der Waals surface area contributed by atoms with Crippen LogP contribution in [0.15, 0.2) is 43.0 Å². The smallest absolute Gasteiger partial charge is 0.238 e. The molecule has 140 valence electrons. The van der Waals surface area contributed by atoms with Gasteiger partial charge in [-0.2, -0.15) is 0 Å². The Bertz CT molecular complexity index is 597. The first kappa shape index (κ1) is 23.2. The number of methoxy groups -OCH3 is 1. The van der Waals surface area contributed by atoms with Crippen LogP contribution in [0.2, 0.25) is 0 Å². The van der Waals surface area contributed by atoms with Crippen molar-refractivity contribution in [2.45, 2.75) is 6.54 Å². The summed E-state index contributed by atoms with van der Waals surface area (Å²) in [5, 5.41) is 5.84. The van der Waals surface area contributed by atoms with E-state index < -0.39 is 0 Å². The molecule has 1 aromatic heterocycles. The third-order valence-electron chi connectivity index (χ3n) is 3.10. The van der Waals surface area contributed by atoms with Crippen LogP contribution in [0, 0.1) is 0 Å². The first-order chi connectivity index (χ1) is 11.3. The van der Waals surface area contributed by atoms with Gasteiger partial charge in [-0.05, 0) is 12.1 Å². The average Bonchev–Trinajstić information content (AvgIpc) is 3.07. The van der Waals surface area contributed by atoms with Crippen LogP contribution in [-0.4, -0.2) is 48.9 Å². The number of carbonyl (C=O) groups excluding carboxylic acids is 1. The fourth-order valence-electron chi connectivity index (χ4n) is 1.95. The Morgan fingerprint density at radius 3 is 2.76 bits per heavy atom. The number of nitrogens with one attached hydrogen (secondary N) is 2. The maximum atomic E-state index is 11.9. The van der Waals surface area contributed by atoms with Crippen molar-refractivity contribution in [1.82, 2.24) is 14.9 Å². The van der Waals surface area contributed by atoms with Crippen LogP contribution in [0.5, 0.6) is 5.75 Å². The first-order valence-electron chi connectivity index (χ1n) is 7.46. The number of hydrogen-bond donors (Lipinski definition) is 2. The number of imidazole rings is 1. The summed E-state index contributed by atoms with van der Waals surface area (Å²) in [5.41, 5.74) is 0.664. The summed E-state index contributed by atoms with van der Waals surface area (Å²) < 4.78 is 12.6. The molecule has 0 atom stereocenters. The molecule has 0 radical (unpaired) electrons. The molecular formula is C16H24Cl2N4O3. The highest BCUT2D eigenvalue weighted by molar-refractivity contribution is 5.93. The van der Waals surface area contributed by atoms with Gasteiger partial charge >= 0.3 is 0 Å². The lowest BCUT2D eigenvalue weighted by Crippen LogP contribution is -2.30. The standard InChI is InChI=1S/C16H22N4O3.2ClH/c1-22-10-7-17-12-16(21)19-14-4-2-3-5-15(14)23-11-9-20-8-6-18-13-20;;/h2-6,8,13,17H,7,9-12H2,1H3,(H,19,21);2*1H. The van der Waals surface area contributed by atoms with E-state index in [9.17, 15) is 4.79 Å². The summed E-state index contributed by atoms with van der Waals surface area (Å²) in [5.74, 6) is 0.532. The lowest BCUT2D eigenvalue weighted by molar-refractivity contribution is -0.115. The molecule has 0 aliphatic heterocycles. The molecule has 0 aliphatic carbocycles. The van der Waals surface area contributed by atoms with Gasteiger partial charge in [0.2, 0.25) is 5.91 Å². The highest BCUT2D eigenvalue weighted by Crippen LogP contribution is 2.23. The number of anilines is 1. The summed E-state index contributed by atoms with van der Waals surface area (Å²) in [7, 11) is 1.62. The van der Waals surface area contributed by atoms with Gasteiger partial charge in [0.05, 0.1) is 31.7 Å². The minimum atomic E-state index is -0.119. The Balaban J connectivity index is 0.00000288. The zero-order valence-electron chi connectivity index (χ0n) is 14.0. The van der Waals surface area contributed by atoms with Crippen LogP contribution in [-0.2, 0) is 16.1 Å². The molecular weight excluding hydrogens is 367 g/mol. The van der Waals surface area contributed by atoms with E-state index in [0.29, 0.717) is 37.7 Å². The molecule has 2 aromatic rings. The summed E-state index contributed by atoms with van der Waals surface area (Å²) in [6.07, 6.45) is 5.34. The van der Waals surface area contributed by atoms with Gasteiger partial charge in [-0.25, -0.2) is 4.98 Å². The predicted octanol–water partition coefficient (Wildman–Crippen LogP) is 1.98. The van der Waals surface area contributed by atoms with Crippen molar-refractivity contribution in [3.63, 3.8) is 0 Å². The summed E-state index contributed by atoms with van der Waals surface area (Å²) >= 11 is 0. The number of halogens is 2. The van der Waals surface area contributed by atoms with Gasteiger partial charge in [0, 0.05) is 26.0 Å². The highest BCUT2D eigenvalue weighted by Gasteiger charge is 2.07. The van der Waals surface area contributed by atoms with E-state index in [0.717, 1.165) is 0 Å². The second-order valence-corrected chi connectivity index (χ2v) is 4.86. The predicted molar refractivity (Wildman–Crippen MR) is 102 cm³/mol. The summed E-state index contributed by atoms with van der Waals surface area (Å²) in [6.45, 7) is 2.62. The van der Waals surface area contributed by atoms with E-state index in [4.69, 9.17) is 9.47 Å². The van der Waals surface area contributed by atoms with Crippen LogP contribution in [0.25, 0.3) is 0 Å². The van der Waals surface area contributed by atoms with Gasteiger partial charge in [0.25, 0.3) is 0 Å². The van der Waals surface area contributed by atoms with Crippen molar-refractivity contribution in [3.8, 4) is 5.75 Å². The Hall–Kier alpha value is -1.80. The number of amides is 1. The van der Waals surface area contributed by atoms with Crippen LogP contribution >= 0.6 is 24.8 Å². The Morgan fingerprint density at radius 2 is 2.04 bits per heavy atom. The Morgan fingerprint density at radius 1 is 1.24 bits per heavy atom. The van der Waals surface area contributed by atoms with E-state index in [1.54, 1.807) is 19.6 Å². The van der Waals surface area contributed by atoms with E-state index in [-0.39, 0.29) is 37.3 Å². The molecule has 1 aromatic carbocycles. The lowest BCUT2D eigenvalue weighted by atomic mass is 10.3. The van der Waals surface area contributed by atoms with Gasteiger partial charge in [0.1, 0.15) is 12.4 Å². The number of carbonyl (C=O) groups is 1. The summed E-state index contributed by atoms with van der Waals surface area (Å²) in [4.78, 5) is 15.9. The quantitative estimate of drug-likeness (QED) is 0.606. The molecule has 25 heavy (non-hydrogen) atoms. The zero-order chi connectivity index (χ0) is 16.3. The van der Waals surface area contributed by atoms with Gasteiger partial charge in [0.15, 0.2) is 0 Å². The molecule has 7 nitrogen and oxygen atoms in total. The number of nitrogens with zero attached hydrogens (tertiary/aromatic N) is 2. The van der Waals surface area contributed by atoms with Crippen LogP contribution in [0.4, 0.5) is 5.69 Å². The number of para-hydroxylation sites is 2.